The van der Waals surface area contributed by atoms with Crippen LogP contribution in [0, 0.1) is 0 Å². The minimum Gasteiger partial charge on any atom is -0.371 e. The summed E-state index contributed by atoms with van der Waals surface area (Å²) < 4.78 is 5.44. The molecule has 5 nitrogen and oxygen atoms in total. The first-order valence-corrected chi connectivity index (χ1v) is 7.10. The molecular formula is C14H24N4O. The molecule has 19 heavy (non-hydrogen) atoms. The summed E-state index contributed by atoms with van der Waals surface area (Å²) in [4.78, 5) is 13.2. The lowest BCUT2D eigenvalue weighted by atomic mass is 9.99. The summed E-state index contributed by atoms with van der Waals surface area (Å²) in [6, 6.07) is 0. The fourth-order valence-electron chi connectivity index (χ4n) is 2.49. The van der Waals surface area contributed by atoms with Gasteiger partial charge in [-0.15, -0.1) is 0 Å². The van der Waals surface area contributed by atoms with Crippen LogP contribution in [0.5, 0.6) is 0 Å². The van der Waals surface area contributed by atoms with Crippen LogP contribution in [0.25, 0.3) is 0 Å². The molecule has 0 aliphatic heterocycles. The normalized spacial score (nSPS) is 18.3. The van der Waals surface area contributed by atoms with Crippen LogP contribution in [0.2, 0.25) is 0 Å². The second kappa shape index (κ2) is 5.82. The summed E-state index contributed by atoms with van der Waals surface area (Å²) in [7, 11) is 1.66. The summed E-state index contributed by atoms with van der Waals surface area (Å²) in [5.41, 5.74) is 5.31. The number of hydrogen-bond donors (Lipinski definition) is 1. The highest BCUT2D eigenvalue weighted by atomic mass is 16.5. The summed E-state index contributed by atoms with van der Waals surface area (Å²) in [6.45, 7) is 3.89. The molecule has 0 radical (unpaired) electrons. The number of nitrogens with two attached hydrogens (primary N) is 1. The van der Waals surface area contributed by atoms with E-state index in [2.05, 4.69) is 15.0 Å². The quantitative estimate of drug-likeness (QED) is 0.850. The largest absolute Gasteiger partial charge is 0.371 e. The Hall–Kier alpha value is -1.23. The zero-order valence-electron chi connectivity index (χ0n) is 12.1. The van der Waals surface area contributed by atoms with Gasteiger partial charge in [0.25, 0.3) is 0 Å². The second-order valence-corrected chi connectivity index (χ2v) is 5.78. The van der Waals surface area contributed by atoms with Crippen molar-refractivity contribution in [3.8, 4) is 0 Å². The number of nitrogens with zero attached hydrogens (tertiary/aromatic N) is 3. The predicted octanol–water partition coefficient (Wildman–Crippen LogP) is 2.77. The van der Waals surface area contributed by atoms with E-state index in [0.29, 0.717) is 17.7 Å². The van der Waals surface area contributed by atoms with Crippen LogP contribution in [0.1, 0.15) is 69.9 Å². The Kier molecular flexibility index (Phi) is 4.34. The number of aromatic nitrogens is 3. The van der Waals surface area contributed by atoms with Crippen LogP contribution in [-0.4, -0.2) is 22.1 Å². The Labute approximate surface area is 115 Å². The third-order valence-electron chi connectivity index (χ3n) is 3.94. The van der Waals surface area contributed by atoms with Gasteiger partial charge in [-0.3, -0.25) is 0 Å². The lowest BCUT2D eigenvalue weighted by Gasteiger charge is -2.22. The first-order valence-electron chi connectivity index (χ1n) is 7.10. The minimum absolute atomic E-state index is 0.300. The topological polar surface area (TPSA) is 73.9 Å². The molecule has 2 N–H and O–H groups in total. The Bertz CT molecular complexity index is 425. The molecule has 1 heterocycles. The number of hydrogen-bond acceptors (Lipinski definition) is 5. The molecule has 2 rings (SSSR count). The Morgan fingerprint density at radius 1 is 1.05 bits per heavy atom. The lowest BCUT2D eigenvalue weighted by molar-refractivity contribution is 0.0111. The van der Waals surface area contributed by atoms with Crippen molar-refractivity contribution in [2.75, 3.05) is 12.8 Å². The molecule has 0 unspecified atom stereocenters. The molecule has 5 heteroatoms. The van der Waals surface area contributed by atoms with Gasteiger partial charge in [0.2, 0.25) is 5.95 Å². The Morgan fingerprint density at radius 2 is 1.68 bits per heavy atom. The smallest absolute Gasteiger partial charge is 0.223 e. The highest BCUT2D eigenvalue weighted by Gasteiger charge is 2.26. The van der Waals surface area contributed by atoms with Crippen molar-refractivity contribution >= 4 is 5.95 Å². The van der Waals surface area contributed by atoms with E-state index < -0.39 is 5.60 Å². The minimum atomic E-state index is -0.531. The standard InChI is InChI=1S/C14H24N4O/c1-14(2,19-3)12-16-11(17-13(15)18-12)10-8-6-4-5-7-9-10/h10H,4-9H2,1-3H3,(H2,15,16,17,18). The maximum atomic E-state index is 5.84. The number of methoxy groups -OCH3 is 1. The zero-order valence-corrected chi connectivity index (χ0v) is 12.1. The predicted molar refractivity (Wildman–Crippen MR) is 74.7 cm³/mol. The van der Waals surface area contributed by atoms with Gasteiger partial charge in [-0.1, -0.05) is 25.7 Å². The molecule has 1 aromatic heterocycles. The maximum Gasteiger partial charge on any atom is 0.223 e. The van der Waals surface area contributed by atoms with Crippen LogP contribution in [0.3, 0.4) is 0 Å². The summed E-state index contributed by atoms with van der Waals surface area (Å²) in [5, 5.41) is 0. The third-order valence-corrected chi connectivity index (χ3v) is 3.94. The monoisotopic (exact) mass is 264 g/mol. The number of rotatable bonds is 3. The molecule has 1 fully saturated rings. The molecule has 0 aromatic carbocycles. The van der Waals surface area contributed by atoms with E-state index in [-0.39, 0.29) is 0 Å². The Balaban J connectivity index is 2.30. The van der Waals surface area contributed by atoms with E-state index in [1.165, 1.54) is 25.7 Å². The molecule has 0 spiro atoms. The van der Waals surface area contributed by atoms with Gasteiger partial charge in [0.15, 0.2) is 5.82 Å². The fourth-order valence-corrected chi connectivity index (χ4v) is 2.49. The van der Waals surface area contributed by atoms with E-state index in [1.54, 1.807) is 7.11 Å². The number of anilines is 1. The van der Waals surface area contributed by atoms with Crippen molar-refractivity contribution < 1.29 is 4.74 Å². The second-order valence-electron chi connectivity index (χ2n) is 5.78. The van der Waals surface area contributed by atoms with Crippen LogP contribution in [0.15, 0.2) is 0 Å². The van der Waals surface area contributed by atoms with Crippen molar-refractivity contribution in [3.05, 3.63) is 11.6 Å². The van der Waals surface area contributed by atoms with Crippen molar-refractivity contribution in [3.63, 3.8) is 0 Å². The molecule has 1 aliphatic rings. The van der Waals surface area contributed by atoms with Crippen LogP contribution in [0.4, 0.5) is 5.95 Å². The first kappa shape index (κ1) is 14.2. The summed E-state index contributed by atoms with van der Waals surface area (Å²) in [5.74, 6) is 2.19. The van der Waals surface area contributed by atoms with Crippen molar-refractivity contribution in [1.82, 2.24) is 15.0 Å². The van der Waals surface area contributed by atoms with Gasteiger partial charge in [0, 0.05) is 13.0 Å². The SMILES string of the molecule is COC(C)(C)c1nc(N)nc(C2CCCCCC2)n1. The summed E-state index contributed by atoms with van der Waals surface area (Å²) >= 11 is 0. The molecular weight excluding hydrogens is 240 g/mol. The molecule has 0 atom stereocenters. The van der Waals surface area contributed by atoms with E-state index >= 15 is 0 Å². The summed E-state index contributed by atoms with van der Waals surface area (Å²) in [6.07, 6.45) is 7.42. The van der Waals surface area contributed by atoms with Gasteiger partial charge in [-0.2, -0.15) is 9.97 Å². The average molecular weight is 264 g/mol. The molecule has 1 saturated carbocycles. The average Bonchev–Trinajstić information content (AvgIpc) is 2.67. The first-order chi connectivity index (χ1) is 9.03. The highest BCUT2D eigenvalue weighted by Crippen LogP contribution is 2.31. The van der Waals surface area contributed by atoms with Gasteiger partial charge in [0.1, 0.15) is 11.4 Å². The maximum absolute atomic E-state index is 5.84. The zero-order chi connectivity index (χ0) is 13.9. The fraction of sp³-hybridized carbons (Fsp3) is 0.786. The van der Waals surface area contributed by atoms with E-state index in [9.17, 15) is 0 Å². The third kappa shape index (κ3) is 3.41. The molecule has 106 valence electrons. The van der Waals surface area contributed by atoms with Gasteiger partial charge in [0.05, 0.1) is 0 Å². The molecule has 1 aliphatic carbocycles. The van der Waals surface area contributed by atoms with Crippen LogP contribution >= 0.6 is 0 Å². The van der Waals surface area contributed by atoms with Crippen molar-refractivity contribution in [2.45, 2.75) is 63.9 Å². The van der Waals surface area contributed by atoms with Gasteiger partial charge < -0.3 is 10.5 Å². The lowest BCUT2D eigenvalue weighted by Crippen LogP contribution is -2.25. The van der Waals surface area contributed by atoms with E-state index in [0.717, 1.165) is 18.7 Å². The molecule has 0 bridgehead atoms. The molecule has 0 amide bonds. The van der Waals surface area contributed by atoms with Crippen molar-refractivity contribution in [2.24, 2.45) is 0 Å². The number of ether oxygens (including phenoxy) is 1. The van der Waals surface area contributed by atoms with Gasteiger partial charge in [-0.05, 0) is 26.7 Å². The highest BCUT2D eigenvalue weighted by molar-refractivity contribution is 5.19. The van der Waals surface area contributed by atoms with Crippen LogP contribution in [-0.2, 0) is 10.3 Å². The van der Waals surface area contributed by atoms with Gasteiger partial charge in [-0.25, -0.2) is 4.98 Å². The van der Waals surface area contributed by atoms with Gasteiger partial charge >= 0.3 is 0 Å². The molecule has 1 aromatic rings. The number of nitrogen functional groups attached to an aromatic ring is 1. The molecule has 0 saturated heterocycles. The van der Waals surface area contributed by atoms with Crippen LogP contribution < -0.4 is 5.73 Å². The van der Waals surface area contributed by atoms with E-state index in [4.69, 9.17) is 10.5 Å². The van der Waals surface area contributed by atoms with Crippen molar-refractivity contribution in [1.29, 1.82) is 0 Å². The Morgan fingerprint density at radius 3 is 2.26 bits per heavy atom. The van der Waals surface area contributed by atoms with E-state index in [1.807, 2.05) is 13.8 Å².